The van der Waals surface area contributed by atoms with Gasteiger partial charge in [0.25, 0.3) is 5.91 Å². The molecule has 2 amide bonds. The lowest BCUT2D eigenvalue weighted by atomic mass is 10.0. The van der Waals surface area contributed by atoms with Gasteiger partial charge < -0.3 is 14.7 Å². The summed E-state index contributed by atoms with van der Waals surface area (Å²) in [5, 5.41) is 0. The van der Waals surface area contributed by atoms with Crippen LogP contribution in [0.3, 0.4) is 0 Å². The monoisotopic (exact) mass is 359 g/mol. The van der Waals surface area contributed by atoms with Crippen LogP contribution in [0.5, 0.6) is 0 Å². The van der Waals surface area contributed by atoms with Gasteiger partial charge in [0.1, 0.15) is 0 Å². The van der Waals surface area contributed by atoms with Gasteiger partial charge in [-0.1, -0.05) is 31.0 Å². The zero-order valence-corrected chi connectivity index (χ0v) is 16.9. The van der Waals surface area contributed by atoms with Gasteiger partial charge in [-0.2, -0.15) is 0 Å². The van der Waals surface area contributed by atoms with E-state index in [0.29, 0.717) is 38.5 Å². The molecule has 1 aliphatic rings. The molecule has 26 heavy (non-hydrogen) atoms. The third-order valence-electron chi connectivity index (χ3n) is 5.20. The maximum atomic E-state index is 12.8. The van der Waals surface area contributed by atoms with E-state index in [9.17, 15) is 9.59 Å². The number of nitrogens with zero attached hydrogens (tertiary/aromatic N) is 3. The molecule has 0 radical (unpaired) electrons. The summed E-state index contributed by atoms with van der Waals surface area (Å²) in [7, 11) is 4.09. The molecule has 144 valence electrons. The van der Waals surface area contributed by atoms with Gasteiger partial charge in [0.05, 0.1) is 0 Å². The van der Waals surface area contributed by atoms with Gasteiger partial charge in [0.15, 0.2) is 0 Å². The van der Waals surface area contributed by atoms with E-state index in [-0.39, 0.29) is 11.8 Å². The third-order valence-corrected chi connectivity index (χ3v) is 5.20. The summed E-state index contributed by atoms with van der Waals surface area (Å²) in [4.78, 5) is 31.3. The van der Waals surface area contributed by atoms with Crippen LogP contribution in [0.1, 0.15) is 41.3 Å². The Morgan fingerprint density at radius 1 is 1.08 bits per heavy atom. The van der Waals surface area contributed by atoms with Crippen LogP contribution in [0.4, 0.5) is 0 Å². The minimum absolute atomic E-state index is 0.0774. The van der Waals surface area contributed by atoms with Crippen molar-refractivity contribution in [1.82, 2.24) is 14.7 Å². The summed E-state index contributed by atoms with van der Waals surface area (Å²) in [5.74, 6) is 0.693. The minimum Gasteiger partial charge on any atom is -0.339 e. The topological polar surface area (TPSA) is 43.9 Å². The Balaban J connectivity index is 1.90. The molecular formula is C21H33N3O2. The van der Waals surface area contributed by atoms with Crippen LogP contribution in [-0.4, -0.2) is 73.3 Å². The number of amides is 2. The number of hydrogen-bond donors (Lipinski definition) is 0. The molecule has 1 fully saturated rings. The first kappa shape index (κ1) is 20.4. The zero-order valence-electron chi connectivity index (χ0n) is 16.9. The van der Waals surface area contributed by atoms with Crippen molar-refractivity contribution in [3.05, 3.63) is 34.9 Å². The highest BCUT2D eigenvalue weighted by Gasteiger charge is 2.26. The fraction of sp³-hybridized carbons (Fsp3) is 0.619. The number of carbonyl (C=O) groups excluding carboxylic acids is 2. The average Bonchev–Trinajstić information content (AvgIpc) is 2.60. The Bertz CT molecular complexity index is 634. The SMILES string of the molecule is CCC(CC(=O)N1CCN(C(=O)c2ccc(C)cc2C)CC1)CN(C)C. The first-order valence-electron chi connectivity index (χ1n) is 9.60. The lowest BCUT2D eigenvalue weighted by molar-refractivity contribution is -0.133. The molecule has 1 aromatic rings. The number of hydrogen-bond acceptors (Lipinski definition) is 3. The van der Waals surface area contributed by atoms with E-state index < -0.39 is 0 Å². The van der Waals surface area contributed by atoms with Gasteiger partial charge >= 0.3 is 0 Å². The van der Waals surface area contributed by atoms with Crippen LogP contribution >= 0.6 is 0 Å². The van der Waals surface area contributed by atoms with E-state index in [2.05, 4.69) is 11.8 Å². The quantitative estimate of drug-likeness (QED) is 0.784. The largest absolute Gasteiger partial charge is 0.339 e. The van der Waals surface area contributed by atoms with E-state index in [1.165, 1.54) is 0 Å². The number of benzene rings is 1. The predicted octanol–water partition coefficient (Wildman–Crippen LogP) is 2.57. The predicted molar refractivity (Wildman–Crippen MR) is 105 cm³/mol. The molecule has 1 aromatic carbocycles. The molecule has 1 saturated heterocycles. The van der Waals surface area contributed by atoms with E-state index in [0.717, 1.165) is 29.7 Å². The highest BCUT2D eigenvalue weighted by Crippen LogP contribution is 2.17. The first-order chi connectivity index (χ1) is 12.3. The van der Waals surface area contributed by atoms with Crippen molar-refractivity contribution in [2.24, 2.45) is 5.92 Å². The van der Waals surface area contributed by atoms with E-state index in [4.69, 9.17) is 0 Å². The Kier molecular flexibility index (Phi) is 7.21. The summed E-state index contributed by atoms with van der Waals surface area (Å²) in [6.07, 6.45) is 1.61. The normalized spacial score (nSPS) is 16.1. The van der Waals surface area contributed by atoms with Gasteiger partial charge in [0, 0.05) is 44.7 Å². The van der Waals surface area contributed by atoms with Crippen molar-refractivity contribution in [2.75, 3.05) is 46.8 Å². The highest BCUT2D eigenvalue weighted by atomic mass is 16.2. The van der Waals surface area contributed by atoms with Crippen LogP contribution in [0.2, 0.25) is 0 Å². The van der Waals surface area contributed by atoms with Crippen molar-refractivity contribution in [1.29, 1.82) is 0 Å². The number of carbonyl (C=O) groups is 2. The number of piperazine rings is 1. The van der Waals surface area contributed by atoms with Crippen LogP contribution in [0.25, 0.3) is 0 Å². The molecule has 0 spiro atoms. The Morgan fingerprint density at radius 2 is 1.69 bits per heavy atom. The molecule has 1 aliphatic heterocycles. The van der Waals surface area contributed by atoms with Crippen molar-refractivity contribution < 1.29 is 9.59 Å². The summed E-state index contributed by atoms with van der Waals surface area (Å²) in [6, 6.07) is 5.94. The van der Waals surface area contributed by atoms with Crippen molar-refractivity contribution >= 4 is 11.8 Å². The fourth-order valence-electron chi connectivity index (χ4n) is 3.61. The van der Waals surface area contributed by atoms with Crippen LogP contribution in [0, 0.1) is 19.8 Å². The molecule has 1 heterocycles. The van der Waals surface area contributed by atoms with Crippen molar-refractivity contribution in [2.45, 2.75) is 33.6 Å². The second-order valence-corrected chi connectivity index (χ2v) is 7.73. The summed E-state index contributed by atoms with van der Waals surface area (Å²) in [5.41, 5.74) is 2.95. The van der Waals surface area contributed by atoms with Gasteiger partial charge in [-0.3, -0.25) is 9.59 Å². The molecule has 0 bridgehead atoms. The van der Waals surface area contributed by atoms with E-state index >= 15 is 0 Å². The molecule has 0 aliphatic carbocycles. The summed E-state index contributed by atoms with van der Waals surface area (Å²) >= 11 is 0. The lowest BCUT2D eigenvalue weighted by Crippen LogP contribution is -2.51. The molecule has 2 rings (SSSR count). The van der Waals surface area contributed by atoms with Crippen LogP contribution in [0.15, 0.2) is 18.2 Å². The van der Waals surface area contributed by atoms with E-state index in [1.807, 2.05) is 55.9 Å². The van der Waals surface area contributed by atoms with Crippen LogP contribution < -0.4 is 0 Å². The zero-order chi connectivity index (χ0) is 19.3. The molecule has 5 heteroatoms. The number of aryl methyl sites for hydroxylation is 2. The standard InChI is InChI=1S/C21H33N3O2/c1-6-18(15-22(4)5)14-20(25)23-9-11-24(12-10-23)21(26)19-8-7-16(2)13-17(19)3/h7-8,13,18H,6,9-12,14-15H2,1-5H3. The Labute approximate surface area is 158 Å². The molecule has 0 aromatic heterocycles. The van der Waals surface area contributed by atoms with Crippen molar-refractivity contribution in [3.8, 4) is 0 Å². The minimum atomic E-state index is 0.0774. The maximum Gasteiger partial charge on any atom is 0.254 e. The van der Waals surface area contributed by atoms with Gasteiger partial charge in [-0.05, 0) is 45.5 Å². The van der Waals surface area contributed by atoms with Gasteiger partial charge in [0.2, 0.25) is 5.91 Å². The van der Waals surface area contributed by atoms with Gasteiger partial charge in [-0.15, -0.1) is 0 Å². The number of rotatable bonds is 6. The Morgan fingerprint density at radius 3 is 2.23 bits per heavy atom. The molecule has 1 atom stereocenters. The molecule has 0 saturated carbocycles. The van der Waals surface area contributed by atoms with Crippen LogP contribution in [-0.2, 0) is 4.79 Å². The fourth-order valence-corrected chi connectivity index (χ4v) is 3.61. The van der Waals surface area contributed by atoms with Crippen molar-refractivity contribution in [3.63, 3.8) is 0 Å². The molecule has 5 nitrogen and oxygen atoms in total. The van der Waals surface area contributed by atoms with E-state index in [1.54, 1.807) is 0 Å². The third kappa shape index (κ3) is 5.31. The van der Waals surface area contributed by atoms with Gasteiger partial charge in [-0.25, -0.2) is 0 Å². The molecule has 0 N–H and O–H groups in total. The molecule has 1 unspecified atom stereocenters. The summed E-state index contributed by atoms with van der Waals surface area (Å²) < 4.78 is 0. The lowest BCUT2D eigenvalue weighted by Gasteiger charge is -2.36. The second-order valence-electron chi connectivity index (χ2n) is 7.73. The highest BCUT2D eigenvalue weighted by molar-refractivity contribution is 5.95. The molecular weight excluding hydrogens is 326 g/mol. The summed E-state index contributed by atoms with van der Waals surface area (Å²) in [6.45, 7) is 9.59. The second kappa shape index (κ2) is 9.17. The smallest absolute Gasteiger partial charge is 0.254 e. The Hall–Kier alpha value is -1.88. The maximum absolute atomic E-state index is 12.8. The average molecular weight is 360 g/mol. The first-order valence-corrected chi connectivity index (χ1v) is 9.60.